The zero-order valence-corrected chi connectivity index (χ0v) is 17.5. The first-order chi connectivity index (χ1) is 15.4. The monoisotopic (exact) mass is 484 g/mol. The molecule has 3 aromatic rings. The number of phosphoric acid groups is 1. The molecule has 2 aromatic carbocycles. The number of rotatable bonds is 5. The molecule has 1 aliphatic heterocycles. The molecule has 33 heavy (non-hydrogen) atoms. The number of fused-ring (bicyclic) bond motifs is 1. The number of anilines is 1. The fourth-order valence-electron chi connectivity index (χ4n) is 3.53. The van der Waals surface area contributed by atoms with E-state index in [0.29, 0.717) is 5.39 Å². The molecule has 0 spiro atoms. The molecule has 0 saturated carbocycles. The second-order valence-electron chi connectivity index (χ2n) is 7.23. The number of halogens is 3. The van der Waals surface area contributed by atoms with Crippen molar-refractivity contribution in [2.45, 2.75) is 12.3 Å². The fourth-order valence-corrected chi connectivity index (χ4v) is 3.89. The van der Waals surface area contributed by atoms with Gasteiger partial charge in [0.15, 0.2) is 0 Å². The van der Waals surface area contributed by atoms with Crippen molar-refractivity contribution in [3.05, 3.63) is 64.4 Å². The fraction of sp³-hybridized carbons (Fsp3) is 0.200. The summed E-state index contributed by atoms with van der Waals surface area (Å²) in [5.74, 6) is 0. The highest BCUT2D eigenvalue weighted by Crippen LogP contribution is 2.38. The van der Waals surface area contributed by atoms with E-state index in [0.717, 1.165) is 11.0 Å². The van der Waals surface area contributed by atoms with Gasteiger partial charge in [0.2, 0.25) is 0 Å². The first-order valence-electron chi connectivity index (χ1n) is 9.44. The highest BCUT2D eigenvalue weighted by Gasteiger charge is 2.35. The number of benzene rings is 2. The third kappa shape index (κ3) is 4.93. The SMILES string of the molecule is O=C1O[C@@H](COP(=O)(O)O)CN1c1ccc2cc(-c3ccccc3C(F)(F)F)[nH]c(=O)c2c1. The Morgan fingerprint density at radius 2 is 1.88 bits per heavy atom. The number of ether oxygens (including phenoxy) is 1. The number of H-pyrrole nitrogens is 1. The number of hydrogen-bond donors (Lipinski definition) is 3. The van der Waals surface area contributed by atoms with E-state index in [1.807, 2.05) is 0 Å². The van der Waals surface area contributed by atoms with Crippen molar-refractivity contribution >= 4 is 30.4 Å². The number of carbonyl (C=O) groups excluding carboxylic acids is 1. The molecule has 3 N–H and O–H groups in total. The van der Waals surface area contributed by atoms with E-state index in [4.69, 9.17) is 14.5 Å². The largest absolute Gasteiger partial charge is 0.469 e. The number of carbonyl (C=O) groups is 1. The first-order valence-corrected chi connectivity index (χ1v) is 11.0. The van der Waals surface area contributed by atoms with Gasteiger partial charge in [0.1, 0.15) is 6.10 Å². The smallest absolute Gasteiger partial charge is 0.441 e. The highest BCUT2D eigenvalue weighted by molar-refractivity contribution is 7.46. The van der Waals surface area contributed by atoms with Gasteiger partial charge in [0.25, 0.3) is 5.56 Å². The van der Waals surface area contributed by atoms with Crippen LogP contribution in [0.15, 0.2) is 53.3 Å². The number of nitrogens with zero attached hydrogens (tertiary/aromatic N) is 1. The molecular formula is C20H16F3N2O7P. The molecule has 1 aliphatic rings. The third-order valence-corrected chi connectivity index (χ3v) is 5.45. The minimum atomic E-state index is -4.74. The molecule has 1 atom stereocenters. The van der Waals surface area contributed by atoms with Crippen molar-refractivity contribution < 1.29 is 41.6 Å². The number of alkyl halides is 3. The third-order valence-electron chi connectivity index (χ3n) is 4.97. The summed E-state index contributed by atoms with van der Waals surface area (Å²) in [5, 5.41) is 0.479. The van der Waals surface area contributed by atoms with Crippen molar-refractivity contribution in [2.75, 3.05) is 18.1 Å². The average Bonchev–Trinajstić information content (AvgIpc) is 3.11. The van der Waals surface area contributed by atoms with E-state index in [-0.39, 0.29) is 28.9 Å². The molecule has 1 amide bonds. The van der Waals surface area contributed by atoms with Gasteiger partial charge in [-0.05, 0) is 29.7 Å². The number of hydrogen-bond acceptors (Lipinski definition) is 5. The topological polar surface area (TPSA) is 129 Å². The van der Waals surface area contributed by atoms with Crippen molar-refractivity contribution in [2.24, 2.45) is 0 Å². The van der Waals surface area contributed by atoms with Gasteiger partial charge in [-0.15, -0.1) is 0 Å². The molecule has 4 rings (SSSR count). The molecule has 13 heteroatoms. The lowest BCUT2D eigenvalue weighted by Gasteiger charge is -2.15. The van der Waals surface area contributed by atoms with Gasteiger partial charge in [-0.3, -0.25) is 14.2 Å². The lowest BCUT2D eigenvalue weighted by Crippen LogP contribution is -2.26. The maximum absolute atomic E-state index is 13.4. The predicted molar refractivity (Wildman–Crippen MR) is 111 cm³/mol. The summed E-state index contributed by atoms with van der Waals surface area (Å²) in [6.45, 7) is -0.609. The summed E-state index contributed by atoms with van der Waals surface area (Å²) in [4.78, 5) is 46.0. The molecule has 9 nitrogen and oxygen atoms in total. The van der Waals surface area contributed by atoms with Gasteiger partial charge >= 0.3 is 20.1 Å². The van der Waals surface area contributed by atoms with Gasteiger partial charge in [-0.2, -0.15) is 13.2 Å². The molecule has 2 heterocycles. The number of amides is 1. The number of pyridine rings is 1. The van der Waals surface area contributed by atoms with Crippen molar-refractivity contribution in [1.29, 1.82) is 0 Å². The van der Waals surface area contributed by atoms with Crippen LogP contribution in [0.25, 0.3) is 22.0 Å². The van der Waals surface area contributed by atoms with E-state index in [9.17, 15) is 27.3 Å². The van der Waals surface area contributed by atoms with Crippen LogP contribution >= 0.6 is 7.82 Å². The van der Waals surface area contributed by atoms with E-state index in [1.165, 1.54) is 42.5 Å². The van der Waals surface area contributed by atoms with Crippen LogP contribution in [0.2, 0.25) is 0 Å². The van der Waals surface area contributed by atoms with Gasteiger partial charge in [0, 0.05) is 22.3 Å². The molecule has 0 radical (unpaired) electrons. The van der Waals surface area contributed by atoms with Gasteiger partial charge in [0.05, 0.1) is 18.7 Å². The maximum atomic E-state index is 13.4. The van der Waals surface area contributed by atoms with E-state index >= 15 is 0 Å². The molecule has 0 unspecified atom stereocenters. The van der Waals surface area contributed by atoms with Crippen molar-refractivity contribution in [3.63, 3.8) is 0 Å². The van der Waals surface area contributed by atoms with Crippen LogP contribution in [0, 0.1) is 0 Å². The van der Waals surface area contributed by atoms with Gasteiger partial charge in [-0.25, -0.2) is 9.36 Å². The maximum Gasteiger partial charge on any atom is 0.469 e. The molecule has 0 bridgehead atoms. The zero-order chi connectivity index (χ0) is 24.0. The van der Waals surface area contributed by atoms with Crippen molar-refractivity contribution in [1.82, 2.24) is 4.98 Å². The van der Waals surface area contributed by atoms with E-state index in [2.05, 4.69) is 9.51 Å². The molecule has 1 aromatic heterocycles. The van der Waals surface area contributed by atoms with Crippen LogP contribution in [0.4, 0.5) is 23.7 Å². The van der Waals surface area contributed by atoms with Crippen LogP contribution in [-0.2, 0) is 20.0 Å². The Balaban J connectivity index is 1.66. The summed E-state index contributed by atoms with van der Waals surface area (Å²) in [6, 6.07) is 10.6. The normalized spacial score (nSPS) is 16.9. The number of aromatic amines is 1. The Morgan fingerprint density at radius 3 is 2.58 bits per heavy atom. The van der Waals surface area contributed by atoms with Gasteiger partial charge in [-0.1, -0.05) is 24.3 Å². The Labute approximate surface area is 183 Å². The summed E-state index contributed by atoms with van der Waals surface area (Å²) < 4.78 is 60.3. The minimum absolute atomic E-state index is 0.0107. The molecule has 174 valence electrons. The average molecular weight is 484 g/mol. The van der Waals surface area contributed by atoms with Crippen LogP contribution in [-0.4, -0.2) is 40.1 Å². The van der Waals surface area contributed by atoms with E-state index in [1.54, 1.807) is 0 Å². The zero-order valence-electron chi connectivity index (χ0n) is 16.6. The molecule has 1 fully saturated rings. The molecule has 0 aliphatic carbocycles. The summed E-state index contributed by atoms with van der Waals surface area (Å²) in [7, 11) is -4.74. The Kier molecular flexibility index (Phi) is 5.79. The van der Waals surface area contributed by atoms with Crippen LogP contribution in [0.1, 0.15) is 5.56 Å². The van der Waals surface area contributed by atoms with Crippen LogP contribution in [0.5, 0.6) is 0 Å². The lowest BCUT2D eigenvalue weighted by molar-refractivity contribution is -0.137. The number of cyclic esters (lactones) is 1. The summed E-state index contributed by atoms with van der Waals surface area (Å²) in [6.07, 6.45) is -6.36. The number of nitrogens with one attached hydrogen (secondary N) is 1. The Morgan fingerprint density at radius 1 is 1.15 bits per heavy atom. The molecule has 1 saturated heterocycles. The quantitative estimate of drug-likeness (QED) is 0.472. The predicted octanol–water partition coefficient (Wildman–Crippen LogP) is 3.65. The van der Waals surface area contributed by atoms with Crippen molar-refractivity contribution in [3.8, 4) is 11.3 Å². The van der Waals surface area contributed by atoms with Crippen LogP contribution < -0.4 is 10.5 Å². The summed E-state index contributed by atoms with van der Waals surface area (Å²) in [5.41, 5.74) is -1.47. The van der Waals surface area contributed by atoms with Crippen LogP contribution in [0.3, 0.4) is 0 Å². The lowest BCUT2D eigenvalue weighted by atomic mass is 10.0. The molecular weight excluding hydrogens is 468 g/mol. The number of phosphoric ester groups is 1. The second-order valence-corrected chi connectivity index (χ2v) is 8.47. The Bertz CT molecular complexity index is 1340. The standard InChI is InChI=1S/C20H16F3N2O7P/c21-20(22,23)16-4-2-1-3-14(16)17-7-11-5-6-12(8-15(11)18(26)24-17)25-9-13(32-19(25)27)10-31-33(28,29)30/h1-8,13H,9-10H2,(H,24,26)(H2,28,29,30)/t13-/m1/s1. The highest BCUT2D eigenvalue weighted by atomic mass is 31.2. The van der Waals surface area contributed by atoms with Gasteiger partial charge < -0.3 is 19.5 Å². The summed E-state index contributed by atoms with van der Waals surface area (Å²) >= 11 is 0. The second kappa shape index (κ2) is 8.31. The minimum Gasteiger partial charge on any atom is -0.441 e. The number of aromatic nitrogens is 1. The Hall–Kier alpha value is -3.18. The van der Waals surface area contributed by atoms with E-state index < -0.39 is 43.9 Å². The first kappa shape index (κ1) is 23.0.